The van der Waals surface area contributed by atoms with E-state index >= 15 is 0 Å². The molecule has 0 aliphatic heterocycles. The lowest BCUT2D eigenvalue weighted by Gasteiger charge is -2.21. The molecule has 4 nitrogen and oxygen atoms in total. The molecule has 106 valence electrons. The summed E-state index contributed by atoms with van der Waals surface area (Å²) in [6.07, 6.45) is 0. The van der Waals surface area contributed by atoms with Crippen LogP contribution in [-0.4, -0.2) is 44.7 Å². The van der Waals surface area contributed by atoms with Gasteiger partial charge in [0.05, 0.1) is 5.75 Å². The first kappa shape index (κ1) is 19.5. The fraction of sp³-hybridized carbons (Fsp3) is 1.00. The molecule has 0 atom stereocenters. The first-order valence-corrected chi connectivity index (χ1v) is 7.52. The fourth-order valence-corrected chi connectivity index (χ4v) is 2.86. The van der Waals surface area contributed by atoms with Gasteiger partial charge in [-0.15, -0.1) is 12.4 Å². The third kappa shape index (κ3) is 8.83. The Morgan fingerprint density at radius 3 is 1.94 bits per heavy atom. The molecule has 0 rings (SSSR count). The smallest absolute Gasteiger partial charge is 0.215 e. The quantitative estimate of drug-likeness (QED) is 0.725. The number of hydrogen-bond donors (Lipinski definition) is 1. The van der Waals surface area contributed by atoms with Gasteiger partial charge in [0.25, 0.3) is 0 Å². The van der Waals surface area contributed by atoms with Gasteiger partial charge in [0, 0.05) is 26.2 Å². The molecular formula is C11H27ClN2O2S. The van der Waals surface area contributed by atoms with Crippen LogP contribution in [0.4, 0.5) is 0 Å². The first-order chi connectivity index (χ1) is 7.23. The van der Waals surface area contributed by atoms with Gasteiger partial charge in [0.1, 0.15) is 0 Å². The molecule has 0 spiro atoms. The third-order valence-electron chi connectivity index (χ3n) is 2.29. The van der Waals surface area contributed by atoms with Gasteiger partial charge in [-0.05, 0) is 5.41 Å². The Bertz CT molecular complexity index is 282. The van der Waals surface area contributed by atoms with Gasteiger partial charge < -0.3 is 5.32 Å². The molecule has 17 heavy (non-hydrogen) atoms. The van der Waals surface area contributed by atoms with Crippen LogP contribution in [0.5, 0.6) is 0 Å². The summed E-state index contributed by atoms with van der Waals surface area (Å²) in [6.45, 7) is 12.6. The van der Waals surface area contributed by atoms with Crippen LogP contribution in [0.25, 0.3) is 0 Å². The van der Waals surface area contributed by atoms with Crippen molar-refractivity contribution in [3.63, 3.8) is 0 Å². The van der Waals surface area contributed by atoms with E-state index in [2.05, 4.69) is 26.1 Å². The maximum Gasteiger partial charge on any atom is 0.215 e. The topological polar surface area (TPSA) is 49.4 Å². The van der Waals surface area contributed by atoms with E-state index in [0.717, 1.165) is 6.54 Å². The van der Waals surface area contributed by atoms with E-state index in [1.165, 1.54) is 4.31 Å². The molecule has 0 aliphatic rings. The second-order valence-electron chi connectivity index (χ2n) is 5.14. The van der Waals surface area contributed by atoms with Crippen molar-refractivity contribution in [2.45, 2.75) is 34.6 Å². The highest BCUT2D eigenvalue weighted by molar-refractivity contribution is 7.89. The van der Waals surface area contributed by atoms with Crippen LogP contribution in [0.3, 0.4) is 0 Å². The minimum absolute atomic E-state index is 0. The van der Waals surface area contributed by atoms with Crippen molar-refractivity contribution in [2.24, 2.45) is 5.41 Å². The van der Waals surface area contributed by atoms with E-state index in [4.69, 9.17) is 0 Å². The van der Waals surface area contributed by atoms with E-state index in [1.807, 2.05) is 13.8 Å². The third-order valence-corrected chi connectivity index (χ3v) is 4.31. The fourth-order valence-electron chi connectivity index (χ4n) is 1.41. The second kappa shape index (κ2) is 8.29. The molecule has 0 aromatic rings. The average molecular weight is 287 g/mol. The van der Waals surface area contributed by atoms with E-state index in [0.29, 0.717) is 19.6 Å². The Morgan fingerprint density at radius 2 is 1.59 bits per heavy atom. The molecule has 0 aromatic heterocycles. The zero-order valence-corrected chi connectivity index (χ0v) is 13.2. The number of nitrogens with one attached hydrogen (secondary N) is 1. The number of hydrogen-bond acceptors (Lipinski definition) is 3. The molecule has 0 aromatic carbocycles. The second-order valence-corrected chi connectivity index (χ2v) is 7.23. The van der Waals surface area contributed by atoms with Crippen molar-refractivity contribution in [1.29, 1.82) is 0 Å². The summed E-state index contributed by atoms with van der Waals surface area (Å²) in [4.78, 5) is 0. The van der Waals surface area contributed by atoms with Gasteiger partial charge in [-0.1, -0.05) is 34.6 Å². The van der Waals surface area contributed by atoms with E-state index in [-0.39, 0.29) is 23.6 Å². The average Bonchev–Trinajstić information content (AvgIpc) is 2.12. The van der Waals surface area contributed by atoms with E-state index in [1.54, 1.807) is 0 Å². The molecule has 0 bridgehead atoms. The summed E-state index contributed by atoms with van der Waals surface area (Å²) >= 11 is 0. The lowest BCUT2D eigenvalue weighted by atomic mass is 9.97. The number of nitrogens with zero attached hydrogens (tertiary/aromatic N) is 1. The van der Waals surface area contributed by atoms with Crippen molar-refractivity contribution in [3.05, 3.63) is 0 Å². The summed E-state index contributed by atoms with van der Waals surface area (Å²) in [5.41, 5.74) is 0.193. The van der Waals surface area contributed by atoms with Gasteiger partial charge in [0.15, 0.2) is 0 Å². The van der Waals surface area contributed by atoms with Gasteiger partial charge >= 0.3 is 0 Å². The lowest BCUT2D eigenvalue weighted by molar-refractivity contribution is 0.383. The number of halogens is 1. The van der Waals surface area contributed by atoms with Gasteiger partial charge in [-0.3, -0.25) is 0 Å². The molecule has 1 N–H and O–H groups in total. The van der Waals surface area contributed by atoms with Crippen LogP contribution in [0.1, 0.15) is 34.6 Å². The summed E-state index contributed by atoms with van der Waals surface area (Å²) < 4.78 is 25.1. The number of sulfonamides is 1. The predicted octanol–water partition coefficient (Wildman–Crippen LogP) is 1.72. The normalized spacial score (nSPS) is 12.6. The SMILES string of the molecule is CCN(CC)S(=O)(=O)CCNCC(C)(C)C.Cl. The molecule has 0 saturated carbocycles. The van der Waals surface area contributed by atoms with Crippen LogP contribution >= 0.6 is 12.4 Å². The molecule has 0 amide bonds. The summed E-state index contributed by atoms with van der Waals surface area (Å²) in [6, 6.07) is 0. The highest BCUT2D eigenvalue weighted by atomic mass is 35.5. The zero-order valence-electron chi connectivity index (χ0n) is 11.6. The van der Waals surface area contributed by atoms with Gasteiger partial charge in [-0.2, -0.15) is 0 Å². The van der Waals surface area contributed by atoms with Crippen molar-refractivity contribution >= 4 is 22.4 Å². The maximum atomic E-state index is 11.8. The van der Waals surface area contributed by atoms with Crippen LogP contribution in [0.15, 0.2) is 0 Å². The lowest BCUT2D eigenvalue weighted by Crippen LogP contribution is -2.37. The standard InChI is InChI=1S/C11H26N2O2S.ClH/c1-6-13(7-2)16(14,15)9-8-12-10-11(3,4)5;/h12H,6-10H2,1-5H3;1H. The van der Waals surface area contributed by atoms with Crippen LogP contribution < -0.4 is 5.32 Å². The van der Waals surface area contributed by atoms with Crippen LogP contribution in [0.2, 0.25) is 0 Å². The minimum atomic E-state index is -3.07. The highest BCUT2D eigenvalue weighted by Crippen LogP contribution is 2.10. The Labute approximate surface area is 113 Å². The van der Waals surface area contributed by atoms with E-state index < -0.39 is 10.0 Å². The van der Waals surface area contributed by atoms with Crippen molar-refractivity contribution < 1.29 is 8.42 Å². The predicted molar refractivity (Wildman–Crippen MR) is 76.3 cm³/mol. The Kier molecular flexibility index (Phi) is 9.51. The summed E-state index contributed by atoms with van der Waals surface area (Å²) in [5.74, 6) is 0.185. The van der Waals surface area contributed by atoms with Crippen molar-refractivity contribution in [3.8, 4) is 0 Å². The monoisotopic (exact) mass is 286 g/mol. The molecule has 6 heteroatoms. The first-order valence-electron chi connectivity index (χ1n) is 5.91. The van der Waals surface area contributed by atoms with Gasteiger partial charge in [0.2, 0.25) is 10.0 Å². The Morgan fingerprint density at radius 1 is 1.12 bits per heavy atom. The molecule has 0 fully saturated rings. The Hall–Kier alpha value is 0.160. The zero-order chi connectivity index (χ0) is 12.8. The summed E-state index contributed by atoms with van der Waals surface area (Å²) in [7, 11) is -3.07. The highest BCUT2D eigenvalue weighted by Gasteiger charge is 2.18. The van der Waals surface area contributed by atoms with Crippen molar-refractivity contribution in [1.82, 2.24) is 9.62 Å². The largest absolute Gasteiger partial charge is 0.315 e. The number of rotatable bonds is 7. The minimum Gasteiger partial charge on any atom is -0.315 e. The maximum absolute atomic E-state index is 11.8. The molecular weight excluding hydrogens is 260 g/mol. The Balaban J connectivity index is 0. The van der Waals surface area contributed by atoms with Crippen molar-refractivity contribution in [2.75, 3.05) is 31.9 Å². The molecule has 0 saturated heterocycles. The van der Waals surface area contributed by atoms with Crippen LogP contribution in [0, 0.1) is 5.41 Å². The molecule has 0 unspecified atom stereocenters. The van der Waals surface area contributed by atoms with E-state index in [9.17, 15) is 8.42 Å². The molecule has 0 radical (unpaired) electrons. The van der Waals surface area contributed by atoms with Crippen LogP contribution in [-0.2, 0) is 10.0 Å². The van der Waals surface area contributed by atoms with Gasteiger partial charge in [-0.25, -0.2) is 12.7 Å². The molecule has 0 heterocycles. The molecule has 0 aliphatic carbocycles. The summed E-state index contributed by atoms with van der Waals surface area (Å²) in [5, 5.41) is 3.18.